The molecule has 0 aliphatic heterocycles. The maximum Gasteiger partial charge on any atom is 0.0788 e. The van der Waals surface area contributed by atoms with E-state index in [1.54, 1.807) is 0 Å². The minimum Gasteiger partial charge on any atom is -0.308 e. The highest BCUT2D eigenvalue weighted by atomic mass is 15.2. The number of fused-ring (bicyclic) bond motifs is 7. The molecular formula is C58H48N2. The first-order valence-electron chi connectivity index (χ1n) is 21.1. The van der Waals surface area contributed by atoms with E-state index in [0.717, 1.165) is 52.5 Å². The van der Waals surface area contributed by atoms with Crippen molar-refractivity contribution in [3.63, 3.8) is 0 Å². The van der Waals surface area contributed by atoms with Crippen molar-refractivity contribution in [1.82, 2.24) is 0 Å². The van der Waals surface area contributed by atoms with Crippen molar-refractivity contribution in [2.24, 2.45) is 0 Å². The van der Waals surface area contributed by atoms with Crippen LogP contribution in [0, 0.1) is 0 Å². The first kappa shape index (κ1) is 38.1. The molecule has 0 fully saturated rings. The van der Waals surface area contributed by atoms with E-state index in [9.17, 15) is 0 Å². The van der Waals surface area contributed by atoms with E-state index in [-0.39, 0.29) is 0 Å². The molecule has 0 N–H and O–H groups in total. The van der Waals surface area contributed by atoms with E-state index in [2.05, 4.69) is 235 Å². The first-order valence-corrected chi connectivity index (χ1v) is 21.1. The number of nitrogens with zero attached hydrogens (tertiary/aromatic N) is 2. The van der Waals surface area contributed by atoms with Crippen LogP contribution in [-0.4, -0.2) is 0 Å². The summed E-state index contributed by atoms with van der Waals surface area (Å²) < 4.78 is 0. The van der Waals surface area contributed by atoms with Gasteiger partial charge in [-0.3, -0.25) is 0 Å². The van der Waals surface area contributed by atoms with Gasteiger partial charge in [-0.1, -0.05) is 196 Å². The Morgan fingerprint density at radius 2 is 1.15 bits per heavy atom. The van der Waals surface area contributed by atoms with Crippen LogP contribution in [0.25, 0.3) is 44.5 Å². The van der Waals surface area contributed by atoms with Crippen molar-refractivity contribution < 1.29 is 0 Å². The molecule has 8 aromatic rings. The number of allylic oxidation sites excluding steroid dienone is 8. The molecule has 2 heteroatoms. The fraction of sp³-hybridized carbons (Fsp3) is 0.0690. The summed E-state index contributed by atoms with van der Waals surface area (Å²) >= 11 is 0. The van der Waals surface area contributed by atoms with E-state index in [0.29, 0.717) is 0 Å². The summed E-state index contributed by atoms with van der Waals surface area (Å²) in [6.45, 7) is 8.38. The van der Waals surface area contributed by atoms with Gasteiger partial charge < -0.3 is 9.80 Å². The van der Waals surface area contributed by atoms with E-state index >= 15 is 0 Å². The molecule has 2 aliphatic rings. The lowest BCUT2D eigenvalue weighted by molar-refractivity contribution is 1.14. The summed E-state index contributed by atoms with van der Waals surface area (Å²) in [5.74, 6) is 0. The second-order valence-corrected chi connectivity index (χ2v) is 14.9. The quantitative estimate of drug-likeness (QED) is 0.123. The predicted octanol–water partition coefficient (Wildman–Crippen LogP) is 16.4. The molecule has 0 radical (unpaired) electrons. The Balaban J connectivity index is 0.00000228. The highest BCUT2D eigenvalue weighted by Gasteiger charge is 2.31. The average Bonchev–Trinajstić information content (AvgIpc) is 3.51. The molecule has 0 atom stereocenters. The summed E-state index contributed by atoms with van der Waals surface area (Å²) in [6.07, 6.45) is 21.4. The second kappa shape index (κ2) is 17.2. The number of hydrogen-bond acceptors (Lipinski definition) is 2. The topological polar surface area (TPSA) is 6.48 Å². The lowest BCUT2D eigenvalue weighted by Crippen LogP contribution is -2.22. The summed E-state index contributed by atoms with van der Waals surface area (Å²) in [5.41, 5.74) is 12.5. The minimum absolute atomic E-state index is 0.768. The normalized spacial score (nSPS) is 15.7. The van der Waals surface area contributed by atoms with E-state index in [1.165, 1.54) is 54.6 Å². The SMILES string of the molecule is C=C1/C=C\C=C/C/C=C(N(c2ccccc2)c2c3c(c4c(ccc5ccccc54)c2N(c2ccccc2)c2ccc4ccccc4c2)Cc2ccccc2C=C3)\C=C/1.CC. The Bertz CT molecular complexity index is 3020. The highest BCUT2D eigenvalue weighted by molar-refractivity contribution is 6.20. The molecule has 10 rings (SSSR count). The molecule has 8 aromatic carbocycles. The van der Waals surface area contributed by atoms with Gasteiger partial charge in [0.15, 0.2) is 0 Å². The van der Waals surface area contributed by atoms with Gasteiger partial charge in [0.1, 0.15) is 0 Å². The lowest BCUT2D eigenvalue weighted by Gasteiger charge is -2.37. The standard InChI is InChI=1S/C56H42N2.C2H6/c1-40-18-6-2-3-7-28-48(34-30-40)57(46-24-8-4-9-25-46)55-51-36-32-42-20-13-15-23-45(42)39-53(51)54-50-29-17-16-21-43(50)33-37-52(54)56(55)58(47-26-10-5-11-27-47)49-35-31-41-19-12-14-22-44(41)38-49;1-2/h2-6,8-38H,1,7,39H2;1-2H3/b3-2-,18-6-,34-30-,48-28+;. The number of para-hydroxylation sites is 2. The van der Waals surface area contributed by atoms with E-state index < -0.39 is 0 Å². The highest BCUT2D eigenvalue weighted by Crippen LogP contribution is 2.54. The minimum atomic E-state index is 0.768. The maximum atomic E-state index is 4.38. The summed E-state index contributed by atoms with van der Waals surface area (Å²) in [4.78, 5) is 4.98. The van der Waals surface area contributed by atoms with Crippen LogP contribution in [0.3, 0.4) is 0 Å². The van der Waals surface area contributed by atoms with Crippen molar-refractivity contribution in [3.8, 4) is 0 Å². The van der Waals surface area contributed by atoms with Crippen molar-refractivity contribution in [1.29, 1.82) is 0 Å². The third-order valence-corrected chi connectivity index (χ3v) is 11.4. The second-order valence-electron chi connectivity index (χ2n) is 14.9. The van der Waals surface area contributed by atoms with Crippen LogP contribution in [0.2, 0.25) is 0 Å². The monoisotopic (exact) mass is 772 g/mol. The van der Waals surface area contributed by atoms with Gasteiger partial charge in [0.25, 0.3) is 0 Å². The molecule has 0 saturated carbocycles. The zero-order chi connectivity index (χ0) is 40.8. The van der Waals surface area contributed by atoms with E-state index in [1.807, 2.05) is 13.8 Å². The van der Waals surface area contributed by atoms with Crippen LogP contribution in [0.4, 0.5) is 28.4 Å². The molecule has 0 saturated heterocycles. The Kier molecular flexibility index (Phi) is 10.9. The van der Waals surface area contributed by atoms with Gasteiger partial charge in [0, 0.05) is 33.7 Å². The number of anilines is 5. The Morgan fingerprint density at radius 1 is 0.483 bits per heavy atom. The van der Waals surface area contributed by atoms with Crippen molar-refractivity contribution in [2.45, 2.75) is 26.7 Å². The molecule has 0 amide bonds. The van der Waals surface area contributed by atoms with E-state index in [4.69, 9.17) is 0 Å². The first-order chi connectivity index (χ1) is 29.7. The maximum absolute atomic E-state index is 4.38. The molecule has 0 spiro atoms. The largest absolute Gasteiger partial charge is 0.308 e. The molecule has 60 heavy (non-hydrogen) atoms. The van der Waals surface area contributed by atoms with Gasteiger partial charge in [-0.2, -0.15) is 0 Å². The fourth-order valence-electron chi connectivity index (χ4n) is 8.66. The van der Waals surface area contributed by atoms with Gasteiger partial charge in [0.05, 0.1) is 11.4 Å². The number of benzene rings is 8. The number of rotatable bonds is 6. The lowest BCUT2D eigenvalue weighted by atomic mass is 9.87. The molecule has 290 valence electrons. The van der Waals surface area contributed by atoms with Crippen LogP contribution in [0.1, 0.15) is 42.5 Å². The average molecular weight is 773 g/mol. The van der Waals surface area contributed by atoms with Crippen LogP contribution < -0.4 is 9.80 Å². The van der Waals surface area contributed by atoms with Crippen molar-refractivity contribution in [2.75, 3.05) is 9.80 Å². The Morgan fingerprint density at radius 3 is 1.95 bits per heavy atom. The van der Waals surface area contributed by atoms with Crippen LogP contribution in [0.5, 0.6) is 0 Å². The Hall–Kier alpha value is -7.42. The number of hydrogen-bond donors (Lipinski definition) is 0. The van der Waals surface area contributed by atoms with Gasteiger partial charge >= 0.3 is 0 Å². The molecule has 0 bridgehead atoms. The van der Waals surface area contributed by atoms with Gasteiger partial charge in [-0.25, -0.2) is 0 Å². The third-order valence-electron chi connectivity index (χ3n) is 11.4. The molecule has 0 heterocycles. The molecule has 2 nitrogen and oxygen atoms in total. The summed E-state index contributed by atoms with van der Waals surface area (Å²) in [6, 6.07) is 59.6. The fourth-order valence-corrected chi connectivity index (χ4v) is 8.66. The zero-order valence-corrected chi connectivity index (χ0v) is 34.3. The summed E-state index contributed by atoms with van der Waals surface area (Å²) in [5, 5.41) is 7.35. The predicted molar refractivity (Wildman–Crippen MR) is 261 cm³/mol. The Labute approximate surface area is 354 Å². The molecule has 0 unspecified atom stereocenters. The molecule has 2 aliphatic carbocycles. The molecular weight excluding hydrogens is 725 g/mol. The van der Waals surface area contributed by atoms with Crippen molar-refractivity contribution in [3.05, 3.63) is 246 Å². The van der Waals surface area contributed by atoms with Crippen LogP contribution in [-0.2, 0) is 6.42 Å². The van der Waals surface area contributed by atoms with Gasteiger partial charge in [-0.15, -0.1) is 0 Å². The van der Waals surface area contributed by atoms with Crippen LogP contribution in [0.15, 0.2) is 224 Å². The van der Waals surface area contributed by atoms with Crippen LogP contribution >= 0.6 is 0 Å². The van der Waals surface area contributed by atoms with Gasteiger partial charge in [0.2, 0.25) is 0 Å². The third kappa shape index (κ3) is 7.29. The summed E-state index contributed by atoms with van der Waals surface area (Å²) in [7, 11) is 0. The van der Waals surface area contributed by atoms with Gasteiger partial charge in [-0.05, 0) is 105 Å². The molecule has 0 aromatic heterocycles. The zero-order valence-electron chi connectivity index (χ0n) is 34.3. The van der Waals surface area contributed by atoms with Crippen molar-refractivity contribution >= 4 is 72.9 Å². The smallest absolute Gasteiger partial charge is 0.0788 e.